The average Bonchev–Trinajstić information content (AvgIpc) is 3.10. The van der Waals surface area contributed by atoms with Crippen molar-refractivity contribution in [2.24, 2.45) is 0 Å². The molecule has 24 heavy (non-hydrogen) atoms. The predicted octanol–water partition coefficient (Wildman–Crippen LogP) is 1.51. The van der Waals surface area contributed by atoms with E-state index in [9.17, 15) is 9.59 Å². The molecule has 0 saturated carbocycles. The van der Waals surface area contributed by atoms with Crippen LogP contribution >= 0.6 is 0 Å². The Kier molecular flexibility index (Phi) is 4.81. The second-order valence-electron chi connectivity index (χ2n) is 5.23. The van der Waals surface area contributed by atoms with Crippen LogP contribution in [0.2, 0.25) is 0 Å². The van der Waals surface area contributed by atoms with Gasteiger partial charge in [-0.1, -0.05) is 24.3 Å². The summed E-state index contributed by atoms with van der Waals surface area (Å²) in [7, 11) is 0. The first-order valence-corrected chi connectivity index (χ1v) is 7.66. The van der Waals surface area contributed by atoms with Crippen molar-refractivity contribution in [1.82, 2.24) is 26.0 Å². The fourth-order valence-electron chi connectivity index (χ4n) is 2.33. The lowest BCUT2D eigenvalue weighted by Gasteiger charge is -2.07. The van der Waals surface area contributed by atoms with E-state index in [1.807, 2.05) is 18.2 Å². The number of rotatable bonds is 6. The van der Waals surface area contributed by atoms with Crippen molar-refractivity contribution in [3.05, 3.63) is 59.7 Å². The van der Waals surface area contributed by atoms with Crippen LogP contribution in [-0.2, 0) is 0 Å². The molecule has 0 radical (unpaired) electrons. The van der Waals surface area contributed by atoms with Crippen LogP contribution in [0.4, 0.5) is 0 Å². The van der Waals surface area contributed by atoms with Crippen molar-refractivity contribution in [1.29, 1.82) is 0 Å². The van der Waals surface area contributed by atoms with E-state index in [1.165, 1.54) is 0 Å². The Balaban J connectivity index is 1.44. The second-order valence-corrected chi connectivity index (χ2v) is 5.23. The van der Waals surface area contributed by atoms with Crippen LogP contribution in [0.5, 0.6) is 0 Å². The molecule has 1 aromatic heterocycles. The van der Waals surface area contributed by atoms with Gasteiger partial charge in [0.05, 0.1) is 5.56 Å². The van der Waals surface area contributed by atoms with Gasteiger partial charge in [0.25, 0.3) is 11.8 Å². The van der Waals surface area contributed by atoms with E-state index >= 15 is 0 Å². The molecule has 3 aromatic rings. The minimum atomic E-state index is -0.205. The van der Waals surface area contributed by atoms with E-state index in [1.54, 1.807) is 30.3 Å². The van der Waals surface area contributed by atoms with Crippen LogP contribution in [0.15, 0.2) is 48.5 Å². The molecule has 1 heterocycles. The zero-order valence-electron chi connectivity index (χ0n) is 13.0. The highest BCUT2D eigenvalue weighted by Gasteiger charge is 2.12. The molecular weight excluding hydrogens is 306 g/mol. The lowest BCUT2D eigenvalue weighted by molar-refractivity contribution is 0.0952. The maximum Gasteiger partial charge on any atom is 0.253 e. The number of H-pyrrole nitrogens is 1. The Morgan fingerprint density at radius 1 is 0.875 bits per heavy atom. The highest BCUT2D eigenvalue weighted by molar-refractivity contribution is 6.04. The molecule has 0 saturated heterocycles. The van der Waals surface area contributed by atoms with E-state index in [0.717, 1.165) is 0 Å². The molecule has 2 amide bonds. The molecule has 3 rings (SSSR count). The van der Waals surface area contributed by atoms with E-state index in [-0.39, 0.29) is 11.8 Å². The molecule has 0 unspecified atom stereocenters. The zero-order chi connectivity index (χ0) is 16.8. The SMILES string of the molecule is O=C(NCCCNC(=O)c1cccc2n[nH]nc12)c1ccccc1. The lowest BCUT2D eigenvalue weighted by Crippen LogP contribution is -2.30. The summed E-state index contributed by atoms with van der Waals surface area (Å²) in [6.07, 6.45) is 0.638. The average molecular weight is 323 g/mol. The van der Waals surface area contributed by atoms with E-state index in [4.69, 9.17) is 0 Å². The number of carbonyl (C=O) groups excluding carboxylic acids is 2. The topological polar surface area (TPSA) is 99.8 Å². The lowest BCUT2D eigenvalue weighted by atomic mass is 10.1. The molecule has 0 spiro atoms. The van der Waals surface area contributed by atoms with Gasteiger partial charge in [-0.25, -0.2) is 0 Å². The largest absolute Gasteiger partial charge is 0.352 e. The molecule has 0 fully saturated rings. The summed E-state index contributed by atoms with van der Waals surface area (Å²) < 4.78 is 0. The Morgan fingerprint density at radius 3 is 2.42 bits per heavy atom. The van der Waals surface area contributed by atoms with E-state index in [2.05, 4.69) is 26.0 Å². The van der Waals surface area contributed by atoms with Crippen LogP contribution in [-0.4, -0.2) is 40.3 Å². The molecule has 0 atom stereocenters. The number of nitrogens with one attached hydrogen (secondary N) is 3. The molecule has 0 bridgehead atoms. The van der Waals surface area contributed by atoms with Crippen molar-refractivity contribution in [3.8, 4) is 0 Å². The summed E-state index contributed by atoms with van der Waals surface area (Å²) in [5.74, 6) is -0.321. The molecule has 7 nitrogen and oxygen atoms in total. The second kappa shape index (κ2) is 7.36. The van der Waals surface area contributed by atoms with Crippen LogP contribution in [0, 0.1) is 0 Å². The molecular formula is C17H17N5O2. The van der Waals surface area contributed by atoms with Crippen molar-refractivity contribution >= 4 is 22.8 Å². The van der Waals surface area contributed by atoms with Gasteiger partial charge in [0.1, 0.15) is 11.0 Å². The van der Waals surface area contributed by atoms with Gasteiger partial charge in [-0.3, -0.25) is 9.59 Å². The zero-order valence-corrected chi connectivity index (χ0v) is 13.0. The Hall–Kier alpha value is -3.22. The summed E-state index contributed by atoms with van der Waals surface area (Å²) in [4.78, 5) is 24.1. The Bertz CT molecular complexity index is 844. The number of para-hydroxylation sites is 1. The van der Waals surface area contributed by atoms with Gasteiger partial charge in [-0.2, -0.15) is 15.4 Å². The molecule has 122 valence electrons. The third-order valence-electron chi connectivity index (χ3n) is 3.55. The predicted molar refractivity (Wildman–Crippen MR) is 89.6 cm³/mol. The van der Waals surface area contributed by atoms with Gasteiger partial charge in [0.15, 0.2) is 0 Å². The smallest absolute Gasteiger partial charge is 0.253 e. The van der Waals surface area contributed by atoms with Crippen LogP contribution in [0.25, 0.3) is 11.0 Å². The van der Waals surface area contributed by atoms with E-state index in [0.29, 0.717) is 41.7 Å². The quantitative estimate of drug-likeness (QED) is 0.599. The van der Waals surface area contributed by atoms with Crippen molar-refractivity contribution in [2.45, 2.75) is 6.42 Å². The summed E-state index contributed by atoms with van der Waals surface area (Å²) in [5.41, 5.74) is 2.30. The van der Waals surface area contributed by atoms with E-state index < -0.39 is 0 Å². The van der Waals surface area contributed by atoms with Crippen molar-refractivity contribution in [3.63, 3.8) is 0 Å². The molecule has 3 N–H and O–H groups in total. The van der Waals surface area contributed by atoms with Gasteiger partial charge >= 0.3 is 0 Å². The number of benzene rings is 2. The van der Waals surface area contributed by atoms with Gasteiger partial charge in [-0.05, 0) is 30.7 Å². The maximum atomic E-state index is 12.2. The van der Waals surface area contributed by atoms with Crippen molar-refractivity contribution in [2.75, 3.05) is 13.1 Å². The number of amides is 2. The Labute approximate surface area is 138 Å². The third-order valence-corrected chi connectivity index (χ3v) is 3.55. The molecule has 0 aliphatic carbocycles. The van der Waals surface area contributed by atoms with Gasteiger partial charge in [-0.15, -0.1) is 0 Å². The van der Waals surface area contributed by atoms with Crippen LogP contribution < -0.4 is 10.6 Å². The first-order chi connectivity index (χ1) is 11.8. The van der Waals surface area contributed by atoms with Crippen LogP contribution in [0.1, 0.15) is 27.1 Å². The highest BCUT2D eigenvalue weighted by Crippen LogP contribution is 2.13. The van der Waals surface area contributed by atoms with Crippen molar-refractivity contribution < 1.29 is 9.59 Å². The first-order valence-electron chi connectivity index (χ1n) is 7.66. The fraction of sp³-hybridized carbons (Fsp3) is 0.176. The number of nitrogens with zero attached hydrogens (tertiary/aromatic N) is 2. The fourth-order valence-corrected chi connectivity index (χ4v) is 2.33. The first kappa shape index (κ1) is 15.7. The maximum absolute atomic E-state index is 12.2. The minimum Gasteiger partial charge on any atom is -0.352 e. The summed E-state index contributed by atoms with van der Waals surface area (Å²) in [5, 5.41) is 16.1. The number of aromatic nitrogens is 3. The summed E-state index contributed by atoms with van der Waals surface area (Å²) >= 11 is 0. The number of fused-ring (bicyclic) bond motifs is 1. The van der Waals surface area contributed by atoms with Gasteiger partial charge in [0.2, 0.25) is 0 Å². The molecule has 0 aliphatic heterocycles. The molecule has 7 heteroatoms. The molecule has 2 aromatic carbocycles. The highest BCUT2D eigenvalue weighted by atomic mass is 16.2. The monoisotopic (exact) mass is 323 g/mol. The van der Waals surface area contributed by atoms with Gasteiger partial charge in [0, 0.05) is 18.7 Å². The summed E-state index contributed by atoms with van der Waals surface area (Å²) in [6, 6.07) is 14.3. The van der Waals surface area contributed by atoms with Crippen LogP contribution in [0.3, 0.4) is 0 Å². The standard InChI is InChI=1S/C17H17N5O2/c23-16(12-6-2-1-3-7-12)18-10-5-11-19-17(24)13-8-4-9-14-15(13)21-22-20-14/h1-4,6-9H,5,10-11H2,(H,18,23)(H,19,24)(H,20,21,22). The molecule has 0 aliphatic rings. The third kappa shape index (κ3) is 3.57. The minimum absolute atomic E-state index is 0.116. The summed E-state index contributed by atoms with van der Waals surface area (Å²) in [6.45, 7) is 0.949. The normalized spacial score (nSPS) is 10.5. The number of carbonyl (C=O) groups is 2. The number of aromatic amines is 1. The Morgan fingerprint density at radius 2 is 1.62 bits per heavy atom. The number of hydrogen-bond acceptors (Lipinski definition) is 4. The number of hydrogen-bond donors (Lipinski definition) is 3. The van der Waals surface area contributed by atoms with Gasteiger partial charge < -0.3 is 10.6 Å².